The van der Waals surface area contributed by atoms with Crippen LogP contribution >= 0.6 is 12.2 Å². The first-order chi connectivity index (χ1) is 9.10. The van der Waals surface area contributed by atoms with E-state index in [1.165, 1.54) is 0 Å². The standard InChI is InChI=1S/C14H15N3OS/c1-9-6-7-12(18-2)11(8-9)17-13-5-3-4-10(16-13)14(15)19/h3-8H,1-2H3,(H2,15,19)(H,16,17). The highest BCUT2D eigenvalue weighted by atomic mass is 32.1. The zero-order valence-corrected chi connectivity index (χ0v) is 11.6. The highest BCUT2D eigenvalue weighted by Gasteiger charge is 2.05. The molecule has 0 radical (unpaired) electrons. The van der Waals surface area contributed by atoms with Crippen LogP contribution in [0.4, 0.5) is 11.5 Å². The molecule has 0 fully saturated rings. The first kappa shape index (κ1) is 13.3. The molecule has 0 aliphatic rings. The van der Waals surface area contributed by atoms with Crippen molar-refractivity contribution in [2.75, 3.05) is 12.4 Å². The number of ether oxygens (including phenoxy) is 1. The van der Waals surface area contributed by atoms with Crippen LogP contribution in [0.25, 0.3) is 0 Å². The molecule has 1 aromatic carbocycles. The van der Waals surface area contributed by atoms with Crippen molar-refractivity contribution in [3.8, 4) is 5.75 Å². The zero-order valence-electron chi connectivity index (χ0n) is 10.8. The van der Waals surface area contributed by atoms with Crippen molar-refractivity contribution in [3.05, 3.63) is 47.7 Å². The fourth-order valence-electron chi connectivity index (χ4n) is 1.70. The van der Waals surface area contributed by atoms with Gasteiger partial charge >= 0.3 is 0 Å². The van der Waals surface area contributed by atoms with E-state index >= 15 is 0 Å². The molecule has 2 aromatic rings. The number of hydrogen-bond acceptors (Lipinski definition) is 4. The van der Waals surface area contributed by atoms with Crippen LogP contribution < -0.4 is 15.8 Å². The number of thiocarbonyl (C=S) groups is 1. The predicted molar refractivity (Wildman–Crippen MR) is 81.1 cm³/mol. The van der Waals surface area contributed by atoms with Gasteiger partial charge in [-0.1, -0.05) is 24.4 Å². The summed E-state index contributed by atoms with van der Waals surface area (Å²) in [5, 5.41) is 3.21. The van der Waals surface area contributed by atoms with Crippen LogP contribution in [-0.2, 0) is 0 Å². The monoisotopic (exact) mass is 273 g/mol. The summed E-state index contributed by atoms with van der Waals surface area (Å²) in [5.41, 5.74) is 8.15. The van der Waals surface area contributed by atoms with Gasteiger partial charge in [-0.3, -0.25) is 0 Å². The highest BCUT2D eigenvalue weighted by Crippen LogP contribution is 2.27. The summed E-state index contributed by atoms with van der Waals surface area (Å²) in [6.45, 7) is 2.02. The minimum atomic E-state index is 0.278. The maximum atomic E-state index is 5.57. The maximum Gasteiger partial charge on any atom is 0.142 e. The van der Waals surface area contributed by atoms with E-state index in [-0.39, 0.29) is 4.99 Å². The summed E-state index contributed by atoms with van der Waals surface area (Å²) < 4.78 is 5.31. The van der Waals surface area contributed by atoms with Gasteiger partial charge in [-0.15, -0.1) is 0 Å². The second kappa shape index (κ2) is 5.67. The second-order valence-corrected chi connectivity index (χ2v) is 4.54. The molecule has 1 aromatic heterocycles. The van der Waals surface area contributed by atoms with Gasteiger partial charge in [-0.25, -0.2) is 4.98 Å². The van der Waals surface area contributed by atoms with Crippen LogP contribution in [0.5, 0.6) is 5.75 Å². The van der Waals surface area contributed by atoms with Crippen molar-refractivity contribution in [1.29, 1.82) is 0 Å². The minimum Gasteiger partial charge on any atom is -0.495 e. The van der Waals surface area contributed by atoms with Crippen LogP contribution in [0.3, 0.4) is 0 Å². The molecule has 0 saturated heterocycles. The summed E-state index contributed by atoms with van der Waals surface area (Å²) in [7, 11) is 1.63. The van der Waals surface area contributed by atoms with E-state index in [0.29, 0.717) is 11.5 Å². The van der Waals surface area contributed by atoms with Gasteiger partial charge in [0.05, 0.1) is 18.5 Å². The number of methoxy groups -OCH3 is 1. The second-order valence-electron chi connectivity index (χ2n) is 4.10. The Labute approximate surface area is 117 Å². The van der Waals surface area contributed by atoms with Gasteiger partial charge in [0, 0.05) is 0 Å². The molecule has 98 valence electrons. The van der Waals surface area contributed by atoms with Crippen molar-refractivity contribution in [3.63, 3.8) is 0 Å². The molecule has 0 bridgehead atoms. The third-order valence-electron chi connectivity index (χ3n) is 2.62. The van der Waals surface area contributed by atoms with E-state index < -0.39 is 0 Å². The summed E-state index contributed by atoms with van der Waals surface area (Å²) in [6.07, 6.45) is 0. The van der Waals surface area contributed by atoms with Crippen LogP contribution in [0, 0.1) is 6.92 Å². The molecular formula is C14H15N3OS. The largest absolute Gasteiger partial charge is 0.495 e. The molecule has 0 amide bonds. The minimum absolute atomic E-state index is 0.278. The van der Waals surface area contributed by atoms with Crippen molar-refractivity contribution in [1.82, 2.24) is 4.98 Å². The quantitative estimate of drug-likeness (QED) is 0.839. The molecule has 0 aliphatic carbocycles. The molecule has 2 rings (SSSR count). The van der Waals surface area contributed by atoms with E-state index in [4.69, 9.17) is 22.7 Å². The molecule has 0 atom stereocenters. The molecule has 4 nitrogen and oxygen atoms in total. The number of anilines is 2. The molecule has 1 heterocycles. The first-order valence-corrected chi connectivity index (χ1v) is 6.19. The zero-order chi connectivity index (χ0) is 13.8. The van der Waals surface area contributed by atoms with Crippen molar-refractivity contribution in [2.24, 2.45) is 5.73 Å². The Hall–Kier alpha value is -2.14. The van der Waals surface area contributed by atoms with Gasteiger partial charge in [0.2, 0.25) is 0 Å². The lowest BCUT2D eigenvalue weighted by molar-refractivity contribution is 0.416. The van der Waals surface area contributed by atoms with Crippen LogP contribution in [0.2, 0.25) is 0 Å². The van der Waals surface area contributed by atoms with Crippen molar-refractivity contribution >= 4 is 28.7 Å². The average molecular weight is 273 g/mol. The molecular weight excluding hydrogens is 258 g/mol. The number of pyridine rings is 1. The van der Waals surface area contributed by atoms with Crippen molar-refractivity contribution < 1.29 is 4.74 Å². The lowest BCUT2D eigenvalue weighted by Crippen LogP contribution is -2.12. The summed E-state index contributed by atoms with van der Waals surface area (Å²) in [4.78, 5) is 4.62. The number of hydrogen-bond donors (Lipinski definition) is 2. The summed E-state index contributed by atoms with van der Waals surface area (Å²) in [6, 6.07) is 11.4. The van der Waals surface area contributed by atoms with Gasteiger partial charge in [-0.05, 0) is 36.8 Å². The SMILES string of the molecule is COc1ccc(C)cc1Nc1cccc(C(N)=S)n1. The lowest BCUT2D eigenvalue weighted by atomic mass is 10.2. The Morgan fingerprint density at radius 1 is 1.32 bits per heavy atom. The van der Waals surface area contributed by atoms with Crippen LogP contribution in [-0.4, -0.2) is 17.1 Å². The summed E-state index contributed by atoms with van der Waals surface area (Å²) in [5.74, 6) is 1.43. The molecule has 0 spiro atoms. The Morgan fingerprint density at radius 2 is 2.11 bits per heavy atom. The number of aromatic nitrogens is 1. The number of aryl methyl sites for hydroxylation is 1. The Morgan fingerprint density at radius 3 is 2.79 bits per heavy atom. The number of nitrogens with one attached hydrogen (secondary N) is 1. The Bertz CT molecular complexity index is 613. The number of rotatable bonds is 4. The van der Waals surface area contributed by atoms with Crippen LogP contribution in [0.1, 0.15) is 11.3 Å². The molecule has 0 saturated carbocycles. The molecule has 3 N–H and O–H groups in total. The summed E-state index contributed by atoms with van der Waals surface area (Å²) >= 11 is 4.92. The molecule has 0 aliphatic heterocycles. The Balaban J connectivity index is 2.33. The number of nitrogens with two attached hydrogens (primary N) is 1. The topological polar surface area (TPSA) is 60.2 Å². The van der Waals surface area contributed by atoms with Crippen LogP contribution in [0.15, 0.2) is 36.4 Å². The third-order valence-corrected chi connectivity index (χ3v) is 2.83. The Kier molecular flexibility index (Phi) is 3.97. The van der Waals surface area contributed by atoms with E-state index in [1.54, 1.807) is 13.2 Å². The fraction of sp³-hybridized carbons (Fsp3) is 0.143. The fourth-order valence-corrected chi connectivity index (χ4v) is 1.81. The predicted octanol–water partition coefficient (Wildman–Crippen LogP) is 2.78. The number of nitrogens with zero attached hydrogens (tertiary/aromatic N) is 1. The molecule has 0 unspecified atom stereocenters. The van der Waals surface area contributed by atoms with Gasteiger partial charge in [-0.2, -0.15) is 0 Å². The van der Waals surface area contributed by atoms with E-state index in [0.717, 1.165) is 17.0 Å². The maximum absolute atomic E-state index is 5.57. The van der Waals surface area contributed by atoms with Crippen molar-refractivity contribution in [2.45, 2.75) is 6.92 Å². The smallest absolute Gasteiger partial charge is 0.142 e. The lowest BCUT2D eigenvalue weighted by Gasteiger charge is -2.12. The average Bonchev–Trinajstić information content (AvgIpc) is 2.39. The number of benzene rings is 1. The highest BCUT2D eigenvalue weighted by molar-refractivity contribution is 7.80. The van der Waals surface area contributed by atoms with Gasteiger partial charge in [0.1, 0.15) is 16.6 Å². The van der Waals surface area contributed by atoms with E-state index in [9.17, 15) is 0 Å². The normalized spacial score (nSPS) is 10.0. The molecule has 5 heteroatoms. The van der Waals surface area contributed by atoms with Gasteiger partial charge < -0.3 is 15.8 Å². The van der Waals surface area contributed by atoms with E-state index in [1.807, 2.05) is 37.3 Å². The van der Waals surface area contributed by atoms with Gasteiger partial charge in [0.25, 0.3) is 0 Å². The van der Waals surface area contributed by atoms with E-state index in [2.05, 4.69) is 10.3 Å². The molecule has 19 heavy (non-hydrogen) atoms. The van der Waals surface area contributed by atoms with Gasteiger partial charge in [0.15, 0.2) is 0 Å². The first-order valence-electron chi connectivity index (χ1n) is 5.78. The third kappa shape index (κ3) is 3.20.